The molecule has 0 aromatic heterocycles. The normalized spacial score (nSPS) is 11.7. The molecular weight excluding hydrogens is 438 g/mol. The summed E-state index contributed by atoms with van der Waals surface area (Å²) in [6.45, 7) is 9.23. The largest absolute Gasteiger partial charge is 0.478 e. The lowest BCUT2D eigenvalue weighted by Crippen LogP contribution is -2.35. The van der Waals surface area contributed by atoms with Crippen molar-refractivity contribution < 1.29 is 19.4 Å². The van der Waals surface area contributed by atoms with E-state index in [0.717, 1.165) is 30.4 Å². The van der Waals surface area contributed by atoms with Crippen LogP contribution in [0.15, 0.2) is 66.7 Å². The maximum atomic E-state index is 13.1. The molecule has 0 aliphatic rings. The molecule has 0 aliphatic carbocycles. The zero-order valence-electron chi connectivity index (χ0n) is 21.1. The van der Waals surface area contributed by atoms with E-state index in [1.165, 1.54) is 11.1 Å². The average molecular weight is 474 g/mol. The smallest absolute Gasteiger partial charge is 0.339 e. The summed E-state index contributed by atoms with van der Waals surface area (Å²) in [5, 5.41) is 9.43. The first-order valence-electron chi connectivity index (χ1n) is 12.2. The Balaban J connectivity index is 1.69. The van der Waals surface area contributed by atoms with Crippen molar-refractivity contribution in [3.05, 3.63) is 94.5 Å². The van der Waals surface area contributed by atoms with Gasteiger partial charge in [0, 0.05) is 19.0 Å². The van der Waals surface area contributed by atoms with Crippen LogP contribution in [0.4, 0.5) is 0 Å². The molecule has 5 nitrogen and oxygen atoms in total. The van der Waals surface area contributed by atoms with Crippen molar-refractivity contribution in [1.29, 1.82) is 0 Å². The summed E-state index contributed by atoms with van der Waals surface area (Å²) in [6.07, 6.45) is 2.64. The second-order valence-corrected chi connectivity index (χ2v) is 9.21. The molecule has 35 heavy (non-hydrogen) atoms. The van der Waals surface area contributed by atoms with Crippen LogP contribution < -0.4 is 4.74 Å². The minimum absolute atomic E-state index is 0.0210. The van der Waals surface area contributed by atoms with Gasteiger partial charge in [-0.2, -0.15) is 0 Å². The van der Waals surface area contributed by atoms with Crippen LogP contribution in [-0.4, -0.2) is 28.4 Å². The van der Waals surface area contributed by atoms with Crippen molar-refractivity contribution in [2.75, 3.05) is 6.54 Å². The molecule has 0 bridgehead atoms. The zero-order chi connectivity index (χ0) is 25.4. The van der Waals surface area contributed by atoms with Gasteiger partial charge in [0.1, 0.15) is 17.1 Å². The summed E-state index contributed by atoms with van der Waals surface area (Å²) in [5.74, 6) is -0.00665. The van der Waals surface area contributed by atoms with Gasteiger partial charge in [-0.15, -0.1) is 0 Å². The van der Waals surface area contributed by atoms with Crippen molar-refractivity contribution in [3.8, 4) is 11.5 Å². The number of amides is 1. The lowest BCUT2D eigenvalue weighted by atomic mass is 10.0. The summed E-state index contributed by atoms with van der Waals surface area (Å²) in [5.41, 5.74) is 4.59. The average Bonchev–Trinajstić information content (AvgIpc) is 2.83. The van der Waals surface area contributed by atoms with Crippen LogP contribution in [0.2, 0.25) is 0 Å². The summed E-state index contributed by atoms with van der Waals surface area (Å²) < 4.78 is 5.88. The molecule has 0 spiro atoms. The summed E-state index contributed by atoms with van der Waals surface area (Å²) in [7, 11) is 0. The molecule has 0 saturated heterocycles. The Kier molecular flexibility index (Phi) is 9.07. The van der Waals surface area contributed by atoms with Crippen LogP contribution in [0.25, 0.3) is 0 Å². The zero-order valence-corrected chi connectivity index (χ0v) is 21.1. The summed E-state index contributed by atoms with van der Waals surface area (Å²) in [6, 6.07) is 21.0. The third-order valence-corrected chi connectivity index (χ3v) is 6.21. The third-order valence-electron chi connectivity index (χ3n) is 6.21. The Morgan fingerprint density at radius 1 is 0.943 bits per heavy atom. The quantitative estimate of drug-likeness (QED) is 0.332. The number of nitrogens with zero attached hydrogens (tertiary/aromatic N) is 1. The van der Waals surface area contributed by atoms with Gasteiger partial charge in [0.15, 0.2) is 0 Å². The van der Waals surface area contributed by atoms with E-state index in [1.807, 2.05) is 49.9 Å². The lowest BCUT2D eigenvalue weighted by molar-refractivity contribution is -0.135. The van der Waals surface area contributed by atoms with Crippen LogP contribution in [-0.2, 0) is 17.8 Å². The Morgan fingerprint density at radius 2 is 1.66 bits per heavy atom. The molecule has 184 valence electrons. The van der Waals surface area contributed by atoms with E-state index < -0.39 is 5.97 Å². The highest BCUT2D eigenvalue weighted by atomic mass is 16.5. The number of aryl methyl sites for hydroxylation is 3. The van der Waals surface area contributed by atoms with Crippen LogP contribution in [0, 0.1) is 19.8 Å². The molecule has 3 aromatic carbocycles. The first-order chi connectivity index (χ1) is 16.8. The van der Waals surface area contributed by atoms with Crippen molar-refractivity contribution in [3.63, 3.8) is 0 Å². The first kappa shape index (κ1) is 26.0. The van der Waals surface area contributed by atoms with Gasteiger partial charge < -0.3 is 14.7 Å². The van der Waals surface area contributed by atoms with E-state index in [1.54, 1.807) is 18.2 Å². The summed E-state index contributed by atoms with van der Waals surface area (Å²) in [4.78, 5) is 26.5. The lowest BCUT2D eigenvalue weighted by Gasteiger charge is -2.26. The minimum atomic E-state index is -1.03. The molecule has 5 heteroatoms. The number of aromatic carboxylic acids is 1. The maximum absolute atomic E-state index is 13.1. The first-order valence-corrected chi connectivity index (χ1v) is 12.2. The van der Waals surface area contributed by atoms with E-state index in [4.69, 9.17) is 4.74 Å². The summed E-state index contributed by atoms with van der Waals surface area (Å²) >= 11 is 0. The van der Waals surface area contributed by atoms with Gasteiger partial charge >= 0.3 is 5.97 Å². The molecule has 3 aromatic rings. The Morgan fingerprint density at radius 3 is 2.31 bits per heavy atom. The van der Waals surface area contributed by atoms with Gasteiger partial charge in [-0.1, -0.05) is 61.9 Å². The number of ether oxygens (including phenoxy) is 1. The van der Waals surface area contributed by atoms with Gasteiger partial charge in [0.25, 0.3) is 0 Å². The molecule has 0 saturated carbocycles. The van der Waals surface area contributed by atoms with Gasteiger partial charge in [0.05, 0.1) is 0 Å². The number of hydrogen-bond acceptors (Lipinski definition) is 3. The minimum Gasteiger partial charge on any atom is -0.478 e. The molecule has 3 rings (SSSR count). The van der Waals surface area contributed by atoms with E-state index in [0.29, 0.717) is 24.6 Å². The fourth-order valence-corrected chi connectivity index (χ4v) is 4.00. The second-order valence-electron chi connectivity index (χ2n) is 9.21. The number of rotatable bonds is 11. The molecule has 0 fully saturated rings. The Labute approximate surface area is 208 Å². The Hall–Kier alpha value is -3.60. The fraction of sp³-hybridized carbons (Fsp3) is 0.333. The molecule has 1 atom stereocenters. The maximum Gasteiger partial charge on any atom is 0.339 e. The monoisotopic (exact) mass is 473 g/mol. The van der Waals surface area contributed by atoms with Gasteiger partial charge in [-0.05, 0) is 74.1 Å². The molecular formula is C30H35NO4. The van der Waals surface area contributed by atoms with Crippen molar-refractivity contribution in [2.24, 2.45) is 5.92 Å². The predicted molar refractivity (Wildman–Crippen MR) is 139 cm³/mol. The van der Waals surface area contributed by atoms with E-state index >= 15 is 0 Å². The Bertz CT molecular complexity index is 1150. The van der Waals surface area contributed by atoms with Crippen molar-refractivity contribution in [2.45, 2.75) is 53.5 Å². The molecule has 1 amide bonds. The van der Waals surface area contributed by atoms with Gasteiger partial charge in [-0.3, -0.25) is 4.79 Å². The number of carbonyl (C=O) groups excluding carboxylic acids is 1. The van der Waals surface area contributed by atoms with Crippen molar-refractivity contribution >= 4 is 11.9 Å². The SMILES string of the molecule is CCC(C)C(=O)N(CCCc1cccc(C)c1)Cc1ccc(Oc2cc(C)ccc2C(=O)O)cc1. The molecule has 0 aliphatic heterocycles. The number of hydrogen-bond donors (Lipinski definition) is 1. The van der Waals surface area contributed by atoms with E-state index in [9.17, 15) is 14.7 Å². The van der Waals surface area contributed by atoms with Crippen LogP contribution >= 0.6 is 0 Å². The number of benzene rings is 3. The molecule has 0 radical (unpaired) electrons. The highest BCUT2D eigenvalue weighted by Gasteiger charge is 2.19. The van der Waals surface area contributed by atoms with Gasteiger partial charge in [0.2, 0.25) is 5.91 Å². The fourth-order valence-electron chi connectivity index (χ4n) is 4.00. The number of carboxylic acid groups (broad SMARTS) is 1. The molecule has 1 unspecified atom stereocenters. The van der Waals surface area contributed by atoms with Crippen LogP contribution in [0.1, 0.15) is 59.3 Å². The highest BCUT2D eigenvalue weighted by Crippen LogP contribution is 2.27. The van der Waals surface area contributed by atoms with E-state index in [2.05, 4.69) is 31.2 Å². The second kappa shape index (κ2) is 12.2. The number of carboxylic acids is 1. The highest BCUT2D eigenvalue weighted by molar-refractivity contribution is 5.91. The van der Waals surface area contributed by atoms with Crippen LogP contribution in [0.3, 0.4) is 0 Å². The van der Waals surface area contributed by atoms with Crippen LogP contribution in [0.5, 0.6) is 11.5 Å². The van der Waals surface area contributed by atoms with Crippen molar-refractivity contribution in [1.82, 2.24) is 4.90 Å². The predicted octanol–water partition coefficient (Wildman–Crippen LogP) is 6.80. The topological polar surface area (TPSA) is 66.8 Å². The molecule has 1 N–H and O–H groups in total. The van der Waals surface area contributed by atoms with E-state index in [-0.39, 0.29) is 17.4 Å². The standard InChI is InChI=1S/C30H35NO4/c1-5-23(4)29(32)31(17-7-10-24-9-6-8-21(2)18-24)20-25-12-14-26(15-13-25)35-28-19-22(3)11-16-27(28)30(33)34/h6,8-9,11-16,18-19,23H,5,7,10,17,20H2,1-4H3,(H,33,34). The van der Waals surface area contributed by atoms with Gasteiger partial charge in [-0.25, -0.2) is 4.79 Å². The molecule has 0 heterocycles. The third kappa shape index (κ3) is 7.44. The number of carbonyl (C=O) groups is 2.